The summed E-state index contributed by atoms with van der Waals surface area (Å²) >= 11 is 0. The SMILES string of the molecule is CCn1nc(C)cc1C(=O)NCC(=O)NCCN(C)C. The lowest BCUT2D eigenvalue weighted by Crippen LogP contribution is -2.39. The predicted octanol–water partition coefficient (Wildman–Crippen LogP) is -0.381. The normalized spacial score (nSPS) is 10.7. The lowest BCUT2D eigenvalue weighted by atomic mass is 10.3. The van der Waals surface area contributed by atoms with Gasteiger partial charge in [0.2, 0.25) is 5.91 Å². The van der Waals surface area contributed by atoms with Gasteiger partial charge in [-0.15, -0.1) is 0 Å². The molecule has 0 aromatic carbocycles. The molecule has 20 heavy (non-hydrogen) atoms. The number of hydrogen-bond acceptors (Lipinski definition) is 4. The standard InChI is InChI=1S/C13H23N5O2/c1-5-18-11(8-10(2)16-18)13(20)15-9-12(19)14-6-7-17(3)4/h8H,5-7,9H2,1-4H3,(H,14,19)(H,15,20). The minimum absolute atomic E-state index is 0.0276. The van der Waals surface area contributed by atoms with E-state index in [2.05, 4.69) is 15.7 Å². The number of carbonyl (C=O) groups excluding carboxylic acids is 2. The van der Waals surface area contributed by atoms with Gasteiger partial charge in [-0.3, -0.25) is 14.3 Å². The molecule has 2 N–H and O–H groups in total. The van der Waals surface area contributed by atoms with Crippen LogP contribution >= 0.6 is 0 Å². The molecule has 0 aliphatic heterocycles. The Morgan fingerprint density at radius 2 is 2.05 bits per heavy atom. The number of hydrogen-bond donors (Lipinski definition) is 2. The van der Waals surface area contributed by atoms with Crippen LogP contribution in [0.4, 0.5) is 0 Å². The van der Waals surface area contributed by atoms with Crippen molar-refractivity contribution in [3.63, 3.8) is 0 Å². The maximum Gasteiger partial charge on any atom is 0.269 e. The lowest BCUT2D eigenvalue weighted by molar-refractivity contribution is -0.120. The molecule has 0 unspecified atom stereocenters. The van der Waals surface area contributed by atoms with E-state index in [0.29, 0.717) is 18.8 Å². The zero-order valence-corrected chi connectivity index (χ0v) is 12.6. The van der Waals surface area contributed by atoms with Gasteiger partial charge in [0.05, 0.1) is 12.2 Å². The highest BCUT2D eigenvalue weighted by molar-refractivity contribution is 5.95. The highest BCUT2D eigenvalue weighted by atomic mass is 16.2. The quantitative estimate of drug-likeness (QED) is 0.714. The van der Waals surface area contributed by atoms with Crippen molar-refractivity contribution < 1.29 is 9.59 Å². The van der Waals surface area contributed by atoms with Gasteiger partial charge < -0.3 is 15.5 Å². The van der Waals surface area contributed by atoms with Crippen LogP contribution in [0.2, 0.25) is 0 Å². The topological polar surface area (TPSA) is 79.3 Å². The summed E-state index contributed by atoms with van der Waals surface area (Å²) < 4.78 is 1.62. The largest absolute Gasteiger partial charge is 0.353 e. The number of rotatable bonds is 7. The fourth-order valence-electron chi connectivity index (χ4n) is 1.70. The Morgan fingerprint density at radius 3 is 2.65 bits per heavy atom. The third kappa shape index (κ3) is 5.00. The molecular formula is C13H23N5O2. The van der Waals surface area contributed by atoms with Gasteiger partial charge in [-0.1, -0.05) is 0 Å². The minimum Gasteiger partial charge on any atom is -0.353 e. The molecule has 0 saturated heterocycles. The van der Waals surface area contributed by atoms with Gasteiger partial charge in [0.25, 0.3) is 5.91 Å². The molecule has 0 saturated carbocycles. The van der Waals surface area contributed by atoms with E-state index in [1.54, 1.807) is 10.7 Å². The molecule has 0 fully saturated rings. The molecule has 7 nitrogen and oxygen atoms in total. The van der Waals surface area contributed by atoms with Crippen LogP contribution in [0.3, 0.4) is 0 Å². The van der Waals surface area contributed by atoms with Gasteiger partial charge in [0.15, 0.2) is 0 Å². The first-order valence-corrected chi connectivity index (χ1v) is 6.68. The summed E-state index contributed by atoms with van der Waals surface area (Å²) in [5.74, 6) is -0.477. The molecule has 0 aliphatic rings. The van der Waals surface area contributed by atoms with E-state index in [4.69, 9.17) is 0 Å². The third-order valence-corrected chi connectivity index (χ3v) is 2.72. The second kappa shape index (κ2) is 7.64. The number of nitrogens with zero attached hydrogens (tertiary/aromatic N) is 3. The summed E-state index contributed by atoms with van der Waals surface area (Å²) in [7, 11) is 3.87. The first kappa shape index (κ1) is 16.2. The summed E-state index contributed by atoms with van der Waals surface area (Å²) in [6.07, 6.45) is 0. The van der Waals surface area contributed by atoms with E-state index >= 15 is 0 Å². The number of aromatic nitrogens is 2. The summed E-state index contributed by atoms with van der Waals surface area (Å²) in [4.78, 5) is 25.5. The van der Waals surface area contributed by atoms with Crippen molar-refractivity contribution in [2.75, 3.05) is 33.7 Å². The van der Waals surface area contributed by atoms with E-state index in [1.165, 1.54) is 0 Å². The number of carbonyl (C=O) groups is 2. The van der Waals surface area contributed by atoms with Gasteiger partial charge in [-0.05, 0) is 34.0 Å². The van der Waals surface area contributed by atoms with Crippen LogP contribution in [0.25, 0.3) is 0 Å². The average molecular weight is 281 g/mol. The van der Waals surface area contributed by atoms with Gasteiger partial charge in [-0.25, -0.2) is 0 Å². The fourth-order valence-corrected chi connectivity index (χ4v) is 1.70. The molecule has 1 aromatic heterocycles. The van der Waals surface area contributed by atoms with Crippen LogP contribution < -0.4 is 10.6 Å². The maximum absolute atomic E-state index is 12.0. The molecule has 112 valence electrons. The Balaban J connectivity index is 2.41. The van der Waals surface area contributed by atoms with Crippen LogP contribution in [0.5, 0.6) is 0 Å². The summed E-state index contributed by atoms with van der Waals surface area (Å²) in [6.45, 7) is 5.66. The molecule has 1 heterocycles. The third-order valence-electron chi connectivity index (χ3n) is 2.72. The second-order valence-corrected chi connectivity index (χ2v) is 4.82. The first-order chi connectivity index (χ1) is 9.43. The Kier molecular flexibility index (Phi) is 6.17. The van der Waals surface area contributed by atoms with Crippen molar-refractivity contribution in [2.45, 2.75) is 20.4 Å². The zero-order valence-electron chi connectivity index (χ0n) is 12.6. The number of amides is 2. The van der Waals surface area contributed by atoms with Crippen LogP contribution in [0.15, 0.2) is 6.07 Å². The second-order valence-electron chi connectivity index (χ2n) is 4.82. The average Bonchev–Trinajstić information content (AvgIpc) is 2.76. The van der Waals surface area contributed by atoms with Crippen molar-refractivity contribution in [1.29, 1.82) is 0 Å². The molecule has 0 spiro atoms. The van der Waals surface area contributed by atoms with E-state index in [9.17, 15) is 9.59 Å². The molecule has 1 rings (SSSR count). The Hall–Kier alpha value is -1.89. The number of likely N-dealkylation sites (N-methyl/N-ethyl adjacent to an activating group) is 1. The van der Waals surface area contributed by atoms with Gasteiger partial charge in [0, 0.05) is 19.6 Å². The fraction of sp³-hybridized carbons (Fsp3) is 0.615. The maximum atomic E-state index is 12.0. The van der Waals surface area contributed by atoms with E-state index in [0.717, 1.165) is 12.2 Å². The summed E-state index contributed by atoms with van der Waals surface area (Å²) in [6, 6.07) is 1.71. The molecule has 0 aliphatic carbocycles. The Bertz CT molecular complexity index is 467. The van der Waals surface area contributed by atoms with Crippen molar-refractivity contribution in [2.24, 2.45) is 0 Å². The molecular weight excluding hydrogens is 258 g/mol. The number of aryl methyl sites for hydroxylation is 2. The predicted molar refractivity (Wildman–Crippen MR) is 76.5 cm³/mol. The molecule has 0 bridgehead atoms. The molecule has 0 atom stereocenters. The van der Waals surface area contributed by atoms with E-state index in [-0.39, 0.29) is 18.4 Å². The van der Waals surface area contributed by atoms with Crippen LogP contribution in [0.1, 0.15) is 23.1 Å². The van der Waals surface area contributed by atoms with Crippen molar-refractivity contribution in [3.05, 3.63) is 17.5 Å². The monoisotopic (exact) mass is 281 g/mol. The molecule has 0 radical (unpaired) electrons. The molecule has 2 amide bonds. The van der Waals surface area contributed by atoms with E-state index in [1.807, 2.05) is 32.8 Å². The summed E-state index contributed by atoms with van der Waals surface area (Å²) in [5, 5.41) is 9.53. The van der Waals surface area contributed by atoms with Crippen molar-refractivity contribution in [1.82, 2.24) is 25.3 Å². The van der Waals surface area contributed by atoms with Gasteiger partial charge in [-0.2, -0.15) is 5.10 Å². The lowest BCUT2D eigenvalue weighted by Gasteiger charge is -2.11. The highest BCUT2D eigenvalue weighted by Gasteiger charge is 2.13. The molecule has 1 aromatic rings. The van der Waals surface area contributed by atoms with E-state index < -0.39 is 0 Å². The van der Waals surface area contributed by atoms with Crippen molar-refractivity contribution >= 4 is 11.8 Å². The van der Waals surface area contributed by atoms with Crippen LogP contribution in [-0.4, -0.2) is 60.2 Å². The summed E-state index contributed by atoms with van der Waals surface area (Å²) in [5.41, 5.74) is 1.26. The van der Waals surface area contributed by atoms with Crippen LogP contribution in [-0.2, 0) is 11.3 Å². The Labute approximate surface area is 119 Å². The van der Waals surface area contributed by atoms with Gasteiger partial charge >= 0.3 is 0 Å². The Morgan fingerprint density at radius 1 is 1.35 bits per heavy atom. The smallest absolute Gasteiger partial charge is 0.269 e. The molecule has 7 heteroatoms. The van der Waals surface area contributed by atoms with Crippen molar-refractivity contribution in [3.8, 4) is 0 Å². The zero-order chi connectivity index (χ0) is 15.1. The number of nitrogens with one attached hydrogen (secondary N) is 2. The van der Waals surface area contributed by atoms with Crippen LogP contribution in [0, 0.1) is 6.92 Å². The van der Waals surface area contributed by atoms with Gasteiger partial charge in [0.1, 0.15) is 5.69 Å². The highest BCUT2D eigenvalue weighted by Crippen LogP contribution is 2.03. The minimum atomic E-state index is -0.282. The first-order valence-electron chi connectivity index (χ1n) is 6.68.